The van der Waals surface area contributed by atoms with Gasteiger partial charge in [-0.05, 0) is 38.1 Å². The van der Waals surface area contributed by atoms with Gasteiger partial charge in [0.1, 0.15) is 0 Å². The Kier molecular flexibility index (Phi) is 6.98. The molecule has 1 heterocycles. The molecule has 0 aliphatic rings. The van der Waals surface area contributed by atoms with E-state index >= 15 is 0 Å². The van der Waals surface area contributed by atoms with Gasteiger partial charge in [0.25, 0.3) is 5.89 Å². The molecule has 2 aromatic rings. The Hall–Kier alpha value is -1.86. The number of benzene rings is 1. The van der Waals surface area contributed by atoms with Gasteiger partial charge in [-0.25, -0.2) is 0 Å². The smallest absolute Gasteiger partial charge is 0.335 e. The van der Waals surface area contributed by atoms with Crippen molar-refractivity contribution in [3.63, 3.8) is 0 Å². The van der Waals surface area contributed by atoms with Crippen LogP contribution in [0.5, 0.6) is 0 Å². The molecule has 1 unspecified atom stereocenters. The summed E-state index contributed by atoms with van der Waals surface area (Å²) in [6, 6.07) is 5.59. The van der Waals surface area contributed by atoms with Gasteiger partial charge in [0.2, 0.25) is 0 Å². The Morgan fingerprint density at radius 2 is 2.00 bits per heavy atom. The summed E-state index contributed by atoms with van der Waals surface area (Å²) in [6.45, 7) is 3.56. The first-order chi connectivity index (χ1) is 10.8. The average molecular weight is 362 g/mol. The molecule has 1 N–H and O–H groups in total. The number of likely N-dealkylation sites (N-methyl/N-ethyl adjacent to an activating group) is 1. The van der Waals surface area contributed by atoms with Gasteiger partial charge in [0, 0.05) is 18.5 Å². The SMILES string of the molecule is CNC(C)Cc1noc(/C=C(/C)c2ccccc2C(F)(F)F)n1.Cl. The normalized spacial score (nSPS) is 13.5. The zero-order valence-corrected chi connectivity index (χ0v) is 14.3. The summed E-state index contributed by atoms with van der Waals surface area (Å²) in [4.78, 5) is 4.18. The van der Waals surface area contributed by atoms with Crippen LogP contribution in [0.3, 0.4) is 0 Å². The maximum atomic E-state index is 13.0. The quantitative estimate of drug-likeness (QED) is 0.866. The number of hydrogen-bond donors (Lipinski definition) is 1. The maximum Gasteiger partial charge on any atom is 0.416 e. The van der Waals surface area contributed by atoms with Gasteiger partial charge in [0.05, 0.1) is 5.56 Å². The van der Waals surface area contributed by atoms with Crippen LogP contribution in [0.15, 0.2) is 28.8 Å². The Labute approximate surface area is 144 Å². The summed E-state index contributed by atoms with van der Waals surface area (Å²) in [5, 5.41) is 6.88. The zero-order valence-electron chi connectivity index (χ0n) is 13.5. The van der Waals surface area contributed by atoms with Crippen molar-refractivity contribution in [3.05, 3.63) is 47.1 Å². The first kappa shape index (κ1) is 20.2. The molecule has 0 radical (unpaired) electrons. The molecule has 0 bridgehead atoms. The van der Waals surface area contributed by atoms with E-state index in [0.29, 0.717) is 17.8 Å². The fraction of sp³-hybridized carbons (Fsp3) is 0.375. The zero-order chi connectivity index (χ0) is 17.0. The third-order valence-corrected chi connectivity index (χ3v) is 3.46. The van der Waals surface area contributed by atoms with Crippen molar-refractivity contribution in [2.75, 3.05) is 7.05 Å². The number of nitrogens with one attached hydrogen (secondary N) is 1. The fourth-order valence-corrected chi connectivity index (χ4v) is 2.12. The highest BCUT2D eigenvalue weighted by molar-refractivity contribution is 5.85. The van der Waals surface area contributed by atoms with E-state index in [-0.39, 0.29) is 29.9 Å². The first-order valence-corrected chi connectivity index (χ1v) is 7.16. The second kappa shape index (κ2) is 8.30. The van der Waals surface area contributed by atoms with Crippen molar-refractivity contribution >= 4 is 24.1 Å². The number of hydrogen-bond acceptors (Lipinski definition) is 4. The largest absolute Gasteiger partial charge is 0.416 e. The van der Waals surface area contributed by atoms with Gasteiger partial charge in [0.15, 0.2) is 5.82 Å². The summed E-state index contributed by atoms with van der Waals surface area (Å²) >= 11 is 0. The monoisotopic (exact) mass is 361 g/mol. The lowest BCUT2D eigenvalue weighted by molar-refractivity contribution is -0.137. The van der Waals surface area contributed by atoms with E-state index in [0.717, 1.165) is 6.07 Å². The van der Waals surface area contributed by atoms with E-state index in [1.165, 1.54) is 18.2 Å². The minimum absolute atomic E-state index is 0. The standard InChI is InChI=1S/C16H18F3N3O.ClH/c1-10(12-6-4-5-7-13(12)16(17,18)19)8-15-21-14(22-23-15)9-11(2)20-3;/h4-8,11,20H,9H2,1-3H3;1H/b10-8-;. The Morgan fingerprint density at radius 1 is 1.33 bits per heavy atom. The Morgan fingerprint density at radius 3 is 2.62 bits per heavy atom. The molecule has 1 aromatic heterocycles. The predicted molar refractivity (Wildman–Crippen MR) is 88.8 cm³/mol. The van der Waals surface area contributed by atoms with Crippen LogP contribution >= 0.6 is 12.4 Å². The number of halogens is 4. The van der Waals surface area contributed by atoms with Crippen molar-refractivity contribution in [3.8, 4) is 0 Å². The number of alkyl halides is 3. The molecule has 0 spiro atoms. The number of allylic oxidation sites excluding steroid dienone is 1. The van der Waals surface area contributed by atoms with E-state index in [4.69, 9.17) is 4.52 Å². The summed E-state index contributed by atoms with van der Waals surface area (Å²) in [5.41, 5.74) is -0.171. The predicted octanol–water partition coefficient (Wildman–Crippen LogP) is 4.22. The Bertz CT molecular complexity index is 698. The number of nitrogens with zero attached hydrogens (tertiary/aromatic N) is 2. The molecule has 0 saturated carbocycles. The molecule has 0 amide bonds. The summed E-state index contributed by atoms with van der Waals surface area (Å²) in [6.07, 6.45) is -2.37. The van der Waals surface area contributed by atoms with E-state index in [1.807, 2.05) is 14.0 Å². The summed E-state index contributed by atoms with van der Waals surface area (Å²) in [7, 11) is 1.82. The van der Waals surface area contributed by atoms with Crippen LogP contribution in [0.1, 0.15) is 36.7 Å². The summed E-state index contributed by atoms with van der Waals surface area (Å²) in [5.74, 6) is 0.702. The molecule has 4 nitrogen and oxygen atoms in total. The first-order valence-electron chi connectivity index (χ1n) is 7.16. The minimum atomic E-state index is -4.41. The van der Waals surface area contributed by atoms with Gasteiger partial charge in [-0.15, -0.1) is 12.4 Å². The highest BCUT2D eigenvalue weighted by atomic mass is 35.5. The van der Waals surface area contributed by atoms with Crippen molar-refractivity contribution in [1.82, 2.24) is 15.5 Å². The topological polar surface area (TPSA) is 51.0 Å². The lowest BCUT2D eigenvalue weighted by Gasteiger charge is -2.12. The van der Waals surface area contributed by atoms with Crippen LogP contribution < -0.4 is 5.32 Å². The molecule has 1 aromatic carbocycles. The molecule has 8 heteroatoms. The van der Waals surface area contributed by atoms with Crippen molar-refractivity contribution in [1.29, 1.82) is 0 Å². The van der Waals surface area contributed by atoms with Crippen LogP contribution in [0.2, 0.25) is 0 Å². The van der Waals surface area contributed by atoms with Gasteiger partial charge in [-0.1, -0.05) is 23.4 Å². The highest BCUT2D eigenvalue weighted by Crippen LogP contribution is 2.35. The molecule has 0 fully saturated rings. The second-order valence-electron chi connectivity index (χ2n) is 5.31. The van der Waals surface area contributed by atoms with Crippen LogP contribution in [-0.2, 0) is 12.6 Å². The van der Waals surface area contributed by atoms with E-state index in [9.17, 15) is 13.2 Å². The molecular formula is C16H19ClF3N3O. The van der Waals surface area contributed by atoms with Crippen LogP contribution in [-0.4, -0.2) is 23.2 Å². The Balaban J connectivity index is 0.00000288. The number of aromatic nitrogens is 2. The van der Waals surface area contributed by atoms with Gasteiger partial charge >= 0.3 is 6.18 Å². The van der Waals surface area contributed by atoms with E-state index in [1.54, 1.807) is 13.0 Å². The molecule has 0 aliphatic carbocycles. The molecule has 0 saturated heterocycles. The van der Waals surface area contributed by atoms with Crippen LogP contribution in [0.4, 0.5) is 13.2 Å². The number of rotatable bonds is 5. The van der Waals surface area contributed by atoms with Gasteiger partial charge in [-0.2, -0.15) is 18.2 Å². The van der Waals surface area contributed by atoms with Crippen LogP contribution in [0.25, 0.3) is 11.6 Å². The molecule has 2 rings (SSSR count). The van der Waals surface area contributed by atoms with Crippen molar-refractivity contribution in [2.24, 2.45) is 0 Å². The lowest BCUT2D eigenvalue weighted by atomic mass is 10.0. The second-order valence-corrected chi connectivity index (χ2v) is 5.31. The maximum absolute atomic E-state index is 13.0. The third-order valence-electron chi connectivity index (χ3n) is 3.46. The van der Waals surface area contributed by atoms with Crippen molar-refractivity contribution < 1.29 is 17.7 Å². The molecular weight excluding hydrogens is 343 g/mol. The van der Waals surface area contributed by atoms with Gasteiger partial charge in [-0.3, -0.25) is 0 Å². The van der Waals surface area contributed by atoms with Crippen molar-refractivity contribution in [2.45, 2.75) is 32.5 Å². The molecule has 24 heavy (non-hydrogen) atoms. The third kappa shape index (κ3) is 5.07. The molecule has 0 aliphatic heterocycles. The fourth-order valence-electron chi connectivity index (χ4n) is 2.12. The van der Waals surface area contributed by atoms with E-state index in [2.05, 4.69) is 15.5 Å². The highest BCUT2D eigenvalue weighted by Gasteiger charge is 2.33. The lowest BCUT2D eigenvalue weighted by Crippen LogP contribution is -2.24. The summed E-state index contributed by atoms with van der Waals surface area (Å²) < 4.78 is 44.2. The minimum Gasteiger partial charge on any atom is -0.335 e. The van der Waals surface area contributed by atoms with E-state index < -0.39 is 11.7 Å². The molecule has 132 valence electrons. The average Bonchev–Trinajstić information content (AvgIpc) is 2.93. The van der Waals surface area contributed by atoms with Gasteiger partial charge < -0.3 is 9.84 Å². The van der Waals surface area contributed by atoms with Crippen LogP contribution in [0, 0.1) is 0 Å². The molecule has 1 atom stereocenters.